The van der Waals surface area contributed by atoms with Crippen LogP contribution >= 0.6 is 0 Å². The van der Waals surface area contributed by atoms with Crippen LogP contribution in [0.4, 0.5) is 17.6 Å². The molecule has 0 atom stereocenters. The lowest BCUT2D eigenvalue weighted by molar-refractivity contribution is -0.169. The van der Waals surface area contributed by atoms with Gasteiger partial charge in [0.1, 0.15) is 0 Å². The van der Waals surface area contributed by atoms with Crippen molar-refractivity contribution in [3.05, 3.63) is 0 Å². The van der Waals surface area contributed by atoms with Crippen LogP contribution in [0.1, 0.15) is 20.8 Å². The van der Waals surface area contributed by atoms with Crippen molar-refractivity contribution in [2.75, 3.05) is 6.54 Å². The maximum absolute atomic E-state index is 12.4. The molecule has 2 nitrogen and oxygen atoms in total. The monoisotopic (exact) mass is 215 g/mol. The summed E-state index contributed by atoms with van der Waals surface area (Å²) in [5, 5.41) is 1.78. The van der Waals surface area contributed by atoms with Crippen LogP contribution < -0.4 is 5.32 Å². The third kappa shape index (κ3) is 3.93. The van der Waals surface area contributed by atoms with Gasteiger partial charge in [0.15, 0.2) is 0 Å². The van der Waals surface area contributed by atoms with Crippen molar-refractivity contribution in [2.45, 2.75) is 33.1 Å². The lowest BCUT2D eigenvalue weighted by atomic mass is 9.97. The van der Waals surface area contributed by atoms with E-state index in [0.717, 1.165) is 0 Å². The first-order chi connectivity index (χ1) is 6.07. The minimum Gasteiger partial charge on any atom is -0.350 e. The first-order valence-corrected chi connectivity index (χ1v) is 4.01. The Kier molecular flexibility index (Phi) is 3.91. The molecule has 0 aromatic heterocycles. The zero-order valence-corrected chi connectivity index (χ0v) is 8.20. The summed E-state index contributed by atoms with van der Waals surface area (Å²) in [5.74, 6) is -6.53. The molecular formula is C8H13F4NO. The van der Waals surface area contributed by atoms with Crippen molar-refractivity contribution < 1.29 is 22.4 Å². The van der Waals surface area contributed by atoms with E-state index in [2.05, 4.69) is 0 Å². The van der Waals surface area contributed by atoms with Crippen LogP contribution in [0.2, 0.25) is 0 Å². The first-order valence-electron chi connectivity index (χ1n) is 4.01. The molecule has 0 aliphatic rings. The number of rotatable bonds is 3. The van der Waals surface area contributed by atoms with Crippen molar-refractivity contribution in [2.24, 2.45) is 5.41 Å². The molecule has 0 heterocycles. The molecule has 0 fully saturated rings. The van der Waals surface area contributed by atoms with Gasteiger partial charge in [0.05, 0.1) is 0 Å². The Hall–Kier alpha value is -0.810. The second-order valence-corrected chi connectivity index (χ2v) is 4.17. The zero-order chi connectivity index (χ0) is 11.6. The number of carbonyl (C=O) groups is 1. The van der Waals surface area contributed by atoms with Gasteiger partial charge in [-0.15, -0.1) is 0 Å². The van der Waals surface area contributed by atoms with Gasteiger partial charge in [0.25, 0.3) is 5.91 Å². The molecule has 0 saturated heterocycles. The summed E-state index contributed by atoms with van der Waals surface area (Å²) >= 11 is 0. The number of alkyl halides is 4. The molecule has 14 heavy (non-hydrogen) atoms. The largest absolute Gasteiger partial charge is 0.383 e. The second-order valence-electron chi connectivity index (χ2n) is 4.17. The molecule has 0 aliphatic heterocycles. The number of hydrogen-bond acceptors (Lipinski definition) is 1. The van der Waals surface area contributed by atoms with Gasteiger partial charge in [-0.1, -0.05) is 20.8 Å². The number of amides is 1. The van der Waals surface area contributed by atoms with Crippen LogP contribution in [0.3, 0.4) is 0 Å². The molecule has 0 bridgehead atoms. The third-order valence-corrected chi connectivity index (χ3v) is 1.36. The molecule has 0 aromatic carbocycles. The molecule has 0 unspecified atom stereocenters. The lowest BCUT2D eigenvalue weighted by Crippen LogP contribution is -2.47. The van der Waals surface area contributed by atoms with Crippen molar-refractivity contribution >= 4 is 5.91 Å². The van der Waals surface area contributed by atoms with Gasteiger partial charge in [-0.3, -0.25) is 4.79 Å². The quantitative estimate of drug-likeness (QED) is 0.717. The van der Waals surface area contributed by atoms with E-state index in [1.165, 1.54) is 0 Å². The molecule has 0 saturated carbocycles. The highest BCUT2D eigenvalue weighted by Crippen LogP contribution is 2.23. The lowest BCUT2D eigenvalue weighted by Gasteiger charge is -2.21. The van der Waals surface area contributed by atoms with Crippen molar-refractivity contribution in [3.63, 3.8) is 0 Å². The molecule has 0 rings (SSSR count). The Morgan fingerprint density at radius 1 is 1.29 bits per heavy atom. The van der Waals surface area contributed by atoms with E-state index in [9.17, 15) is 22.4 Å². The molecule has 0 radical (unpaired) electrons. The van der Waals surface area contributed by atoms with Gasteiger partial charge >= 0.3 is 12.3 Å². The van der Waals surface area contributed by atoms with E-state index in [4.69, 9.17) is 0 Å². The topological polar surface area (TPSA) is 29.1 Å². The Morgan fingerprint density at radius 2 is 1.71 bits per heavy atom. The van der Waals surface area contributed by atoms with Crippen molar-refractivity contribution in [1.29, 1.82) is 0 Å². The van der Waals surface area contributed by atoms with Gasteiger partial charge < -0.3 is 5.32 Å². The van der Waals surface area contributed by atoms with Crippen LogP contribution in [0, 0.1) is 5.41 Å². The summed E-state index contributed by atoms with van der Waals surface area (Å²) < 4.78 is 48.1. The minimum absolute atomic E-state index is 0.0753. The number of hydrogen-bond donors (Lipinski definition) is 1. The maximum atomic E-state index is 12.4. The SMILES string of the molecule is CC(C)(C)CNC(=O)C(F)(F)C(F)F. The van der Waals surface area contributed by atoms with E-state index >= 15 is 0 Å². The van der Waals surface area contributed by atoms with E-state index in [-0.39, 0.29) is 6.54 Å². The van der Waals surface area contributed by atoms with Gasteiger partial charge in [0, 0.05) is 6.54 Å². The average molecular weight is 215 g/mol. The van der Waals surface area contributed by atoms with Gasteiger partial charge in [0.2, 0.25) is 0 Å². The molecule has 0 aromatic rings. The zero-order valence-electron chi connectivity index (χ0n) is 8.20. The third-order valence-electron chi connectivity index (χ3n) is 1.36. The highest BCUT2D eigenvalue weighted by atomic mass is 19.3. The van der Waals surface area contributed by atoms with Crippen LogP contribution in [-0.2, 0) is 4.79 Å². The van der Waals surface area contributed by atoms with Gasteiger partial charge in [-0.2, -0.15) is 8.78 Å². The fourth-order valence-electron chi connectivity index (χ4n) is 0.562. The summed E-state index contributed by atoms with van der Waals surface area (Å²) in [5.41, 5.74) is -0.423. The first kappa shape index (κ1) is 13.2. The molecule has 1 amide bonds. The smallest absolute Gasteiger partial charge is 0.350 e. The molecule has 84 valence electrons. The average Bonchev–Trinajstić information content (AvgIpc) is 1.98. The van der Waals surface area contributed by atoms with Gasteiger partial charge in [-0.05, 0) is 5.41 Å². The Bertz CT molecular complexity index is 210. The van der Waals surface area contributed by atoms with Crippen LogP contribution in [0.15, 0.2) is 0 Å². The molecule has 1 N–H and O–H groups in total. The molecule has 0 aliphatic carbocycles. The maximum Gasteiger partial charge on any atom is 0.383 e. The number of nitrogens with one attached hydrogen (secondary N) is 1. The number of carbonyl (C=O) groups excluding carboxylic acids is 1. The van der Waals surface area contributed by atoms with E-state index in [1.807, 2.05) is 0 Å². The molecule has 0 spiro atoms. The second kappa shape index (κ2) is 4.14. The van der Waals surface area contributed by atoms with Gasteiger partial charge in [-0.25, -0.2) is 8.78 Å². The molecular weight excluding hydrogens is 202 g/mol. The normalized spacial score (nSPS) is 13.1. The highest BCUT2D eigenvalue weighted by molar-refractivity contribution is 5.83. The summed E-state index contributed by atoms with van der Waals surface area (Å²) in [4.78, 5) is 10.6. The Balaban J connectivity index is 4.23. The summed E-state index contributed by atoms with van der Waals surface area (Å²) in [7, 11) is 0. The minimum atomic E-state index is -4.61. The molecule has 6 heteroatoms. The Labute approximate surface area is 79.7 Å². The van der Waals surface area contributed by atoms with Crippen LogP contribution in [-0.4, -0.2) is 24.8 Å². The standard InChI is InChI=1S/C8H13F4NO/c1-7(2,3)4-13-6(14)8(11,12)5(9)10/h5H,4H2,1-3H3,(H,13,14). The number of halogens is 4. The van der Waals surface area contributed by atoms with Crippen LogP contribution in [0.5, 0.6) is 0 Å². The predicted octanol–water partition coefficient (Wildman–Crippen LogP) is 2.05. The fourth-order valence-corrected chi connectivity index (χ4v) is 0.562. The van der Waals surface area contributed by atoms with E-state index in [1.54, 1.807) is 26.1 Å². The summed E-state index contributed by atoms with van der Waals surface area (Å²) in [6.45, 7) is 4.99. The fraction of sp³-hybridized carbons (Fsp3) is 0.875. The van der Waals surface area contributed by atoms with E-state index < -0.39 is 23.7 Å². The van der Waals surface area contributed by atoms with Crippen LogP contribution in [0.25, 0.3) is 0 Å². The summed E-state index contributed by atoms with van der Waals surface area (Å²) in [6, 6.07) is 0. The van der Waals surface area contributed by atoms with E-state index in [0.29, 0.717) is 0 Å². The highest BCUT2D eigenvalue weighted by Gasteiger charge is 2.48. The predicted molar refractivity (Wildman–Crippen MR) is 43.4 cm³/mol. The summed E-state index contributed by atoms with van der Waals surface area (Å²) in [6.07, 6.45) is -3.97. The van der Waals surface area contributed by atoms with Crippen molar-refractivity contribution in [3.8, 4) is 0 Å². The van der Waals surface area contributed by atoms with Crippen molar-refractivity contribution in [1.82, 2.24) is 5.32 Å². The Morgan fingerprint density at radius 3 is 2.00 bits per heavy atom.